The number of nitrogens with zero attached hydrogens (tertiary/aromatic N) is 11. The predicted molar refractivity (Wildman–Crippen MR) is 234 cm³/mol. The molecule has 3 saturated heterocycles. The molecule has 3 fully saturated rings. The first-order valence-corrected chi connectivity index (χ1v) is 21.9. The highest BCUT2D eigenvalue weighted by Crippen LogP contribution is 2.23. The third-order valence-electron chi connectivity index (χ3n) is 11.7. The average Bonchev–Trinajstić information content (AvgIpc) is 3.24. The Morgan fingerprint density at radius 3 is 1.53 bits per heavy atom. The number of aliphatic carboxylic acids is 4. The number of benzene rings is 1. The summed E-state index contributed by atoms with van der Waals surface area (Å²) in [4.78, 5) is 78.6. The van der Waals surface area contributed by atoms with E-state index in [9.17, 15) is 39.6 Å². The number of hydrogen-bond acceptors (Lipinski definition) is 17. The Morgan fingerprint density at radius 2 is 1.05 bits per heavy atom. The Morgan fingerprint density at radius 1 is 0.597 bits per heavy atom. The summed E-state index contributed by atoms with van der Waals surface area (Å²) in [6.07, 6.45) is 3.66. The fourth-order valence-electron chi connectivity index (χ4n) is 8.21. The number of anilines is 4. The lowest BCUT2D eigenvalue weighted by atomic mass is 10.0. The quantitative estimate of drug-likeness (QED) is 0.0979. The smallest absolute Gasteiger partial charge is 0.317 e. The summed E-state index contributed by atoms with van der Waals surface area (Å²) in [5, 5.41) is 42.4. The van der Waals surface area contributed by atoms with Crippen LogP contribution in [-0.2, 0) is 25.6 Å². The normalized spacial score (nSPS) is 20.1. The number of carbonyl (C=O) groups is 4. The molecular weight excluding hydrogens is 803 g/mol. The molecule has 344 valence electrons. The van der Waals surface area contributed by atoms with Crippen LogP contribution in [0.3, 0.4) is 0 Å². The Hall–Kier alpha value is -4.77. The van der Waals surface area contributed by atoms with E-state index in [2.05, 4.69) is 31.8 Å². The van der Waals surface area contributed by atoms with Crippen molar-refractivity contribution in [3.8, 4) is 0 Å². The molecule has 3 aliphatic heterocycles. The van der Waals surface area contributed by atoms with Gasteiger partial charge in [0.1, 0.15) is 0 Å². The van der Waals surface area contributed by atoms with E-state index in [0.29, 0.717) is 30.8 Å². The molecule has 4 heterocycles. The molecule has 0 radical (unpaired) electrons. The molecule has 0 saturated carbocycles. The first-order valence-electron chi connectivity index (χ1n) is 21.9. The number of nitrogens with one attached hydrogen (secondary N) is 1. The number of carboxylic acid groups (broad SMARTS) is 4. The van der Waals surface area contributed by atoms with Crippen LogP contribution in [0.2, 0.25) is 0 Å². The molecule has 3 aliphatic rings. The number of piperazine rings is 2. The predicted octanol–water partition coefficient (Wildman–Crippen LogP) is -0.521. The molecule has 0 amide bonds. The second-order valence-electron chi connectivity index (χ2n) is 16.4. The average molecular weight is 870 g/mol. The van der Waals surface area contributed by atoms with Crippen LogP contribution in [0.15, 0.2) is 24.3 Å². The number of nitrogens with two attached hydrogens (primary N) is 1. The molecule has 1 unspecified atom stereocenters. The summed E-state index contributed by atoms with van der Waals surface area (Å²) in [6, 6.07) is 7.21. The zero-order valence-corrected chi connectivity index (χ0v) is 36.2. The molecule has 2 aromatic rings. The van der Waals surface area contributed by atoms with E-state index in [1.807, 2.05) is 24.3 Å². The van der Waals surface area contributed by atoms with E-state index in [4.69, 9.17) is 20.7 Å². The van der Waals surface area contributed by atoms with Gasteiger partial charge in [0.25, 0.3) is 0 Å². The summed E-state index contributed by atoms with van der Waals surface area (Å²) < 4.78 is 0. The van der Waals surface area contributed by atoms with Gasteiger partial charge in [-0.2, -0.15) is 15.0 Å². The monoisotopic (exact) mass is 870 g/mol. The number of rotatable bonds is 20. The topological polar surface area (TPSA) is 252 Å². The third-order valence-corrected chi connectivity index (χ3v) is 11.7. The van der Waals surface area contributed by atoms with Crippen molar-refractivity contribution in [3.05, 3.63) is 29.8 Å². The van der Waals surface area contributed by atoms with E-state index in [1.165, 1.54) is 6.42 Å². The van der Waals surface area contributed by atoms with Gasteiger partial charge in [0, 0.05) is 110 Å². The maximum Gasteiger partial charge on any atom is 0.317 e. The SMILES string of the molecule is CCCCN1CCN(c2nc(Nc3ccc(CC4CN(CC(=O)O)CCN(CC(=O)O)CCN(CC(=O)O)CCN4CC(=O)O)cc3)nc(N3CCN(CCCN)CC3)n2)CC1. The van der Waals surface area contributed by atoms with E-state index < -0.39 is 29.9 Å². The van der Waals surface area contributed by atoms with Gasteiger partial charge in [-0.3, -0.25) is 48.6 Å². The van der Waals surface area contributed by atoms with Gasteiger partial charge in [-0.25, -0.2) is 0 Å². The van der Waals surface area contributed by atoms with Crippen molar-refractivity contribution < 1.29 is 39.6 Å². The van der Waals surface area contributed by atoms with Crippen LogP contribution in [0, 0.1) is 0 Å². The van der Waals surface area contributed by atoms with Crippen molar-refractivity contribution in [1.82, 2.24) is 44.4 Å². The summed E-state index contributed by atoms with van der Waals surface area (Å²) >= 11 is 0. The molecular formula is C41H67N13O8. The highest BCUT2D eigenvalue weighted by Gasteiger charge is 2.28. The Labute approximate surface area is 364 Å². The third kappa shape index (κ3) is 16.2. The largest absolute Gasteiger partial charge is 0.480 e. The van der Waals surface area contributed by atoms with Crippen LogP contribution in [0.4, 0.5) is 23.5 Å². The standard InChI is InChI=1S/C41H67N13O8/c1-2-3-10-47-16-21-52(22-17-47)40-44-39(45-41(46-40)53-23-18-48(19-24-53)11-4-9-42)43-33-7-5-32(6-8-33)26-34-27-51(30-37(59)60)15-14-49(28-35(55)56)12-13-50(29-36(57)58)20-25-54(34)31-38(61)62/h5-8,34H,2-4,9-31,42H2,1H3,(H,55,56)(H,57,58)(H,59,60)(H,61,62)(H,43,44,45,46). The van der Waals surface area contributed by atoms with Gasteiger partial charge < -0.3 is 41.3 Å². The van der Waals surface area contributed by atoms with Crippen molar-refractivity contribution in [1.29, 1.82) is 0 Å². The van der Waals surface area contributed by atoms with Crippen LogP contribution in [0.25, 0.3) is 0 Å². The molecule has 21 nitrogen and oxygen atoms in total. The first-order chi connectivity index (χ1) is 29.9. The lowest BCUT2D eigenvalue weighted by Crippen LogP contribution is -2.53. The van der Waals surface area contributed by atoms with Crippen molar-refractivity contribution in [2.24, 2.45) is 5.73 Å². The van der Waals surface area contributed by atoms with E-state index in [-0.39, 0.29) is 72.0 Å². The number of unbranched alkanes of at least 4 members (excludes halogenated alkanes) is 1. The Bertz CT molecular complexity index is 1680. The van der Waals surface area contributed by atoms with Gasteiger partial charge in [-0.1, -0.05) is 25.5 Å². The highest BCUT2D eigenvalue weighted by atomic mass is 16.4. The zero-order chi connectivity index (χ0) is 44.4. The summed E-state index contributed by atoms with van der Waals surface area (Å²) in [5.41, 5.74) is 7.38. The molecule has 0 spiro atoms. The van der Waals surface area contributed by atoms with Crippen molar-refractivity contribution in [2.75, 3.05) is 159 Å². The molecule has 1 atom stereocenters. The molecule has 7 N–H and O–H groups in total. The van der Waals surface area contributed by atoms with Gasteiger partial charge in [-0.05, 0) is 56.6 Å². The lowest BCUT2D eigenvalue weighted by molar-refractivity contribution is -0.142. The second-order valence-corrected chi connectivity index (χ2v) is 16.4. The maximum absolute atomic E-state index is 12.2. The lowest BCUT2D eigenvalue weighted by Gasteiger charge is -2.37. The number of aromatic nitrogens is 3. The molecule has 0 bridgehead atoms. The van der Waals surface area contributed by atoms with Crippen molar-refractivity contribution in [3.63, 3.8) is 0 Å². The molecule has 62 heavy (non-hydrogen) atoms. The maximum atomic E-state index is 12.2. The van der Waals surface area contributed by atoms with E-state index in [0.717, 1.165) is 89.5 Å². The first kappa shape index (κ1) is 48.3. The van der Waals surface area contributed by atoms with E-state index >= 15 is 0 Å². The fraction of sp³-hybridized carbons (Fsp3) is 0.683. The summed E-state index contributed by atoms with van der Waals surface area (Å²) in [7, 11) is 0. The molecule has 21 heteroatoms. The minimum atomic E-state index is -1.06. The minimum absolute atomic E-state index is 0.184. The van der Waals surface area contributed by atoms with Gasteiger partial charge in [-0.15, -0.1) is 0 Å². The summed E-state index contributed by atoms with van der Waals surface area (Å²) in [5.74, 6) is -2.53. The Balaban J connectivity index is 1.36. The van der Waals surface area contributed by atoms with E-state index in [1.54, 1.807) is 19.6 Å². The van der Waals surface area contributed by atoms with Gasteiger partial charge >= 0.3 is 23.9 Å². The number of carboxylic acids is 4. The van der Waals surface area contributed by atoms with Crippen LogP contribution < -0.4 is 20.9 Å². The van der Waals surface area contributed by atoms with Crippen LogP contribution in [0.1, 0.15) is 31.7 Å². The van der Waals surface area contributed by atoms with Crippen LogP contribution >= 0.6 is 0 Å². The molecule has 5 rings (SSSR count). The Kier molecular flexibility index (Phi) is 19.3. The molecule has 0 aliphatic carbocycles. The van der Waals surface area contributed by atoms with Crippen molar-refractivity contribution in [2.45, 2.75) is 38.6 Å². The van der Waals surface area contributed by atoms with Crippen molar-refractivity contribution >= 4 is 47.4 Å². The molecule has 1 aromatic carbocycles. The zero-order valence-electron chi connectivity index (χ0n) is 36.2. The van der Waals surface area contributed by atoms with Crippen LogP contribution in [-0.4, -0.2) is 239 Å². The van der Waals surface area contributed by atoms with Gasteiger partial charge in [0.2, 0.25) is 17.8 Å². The highest BCUT2D eigenvalue weighted by molar-refractivity contribution is 5.70. The van der Waals surface area contributed by atoms with Gasteiger partial charge in [0.15, 0.2) is 0 Å². The second kappa shape index (κ2) is 24.8. The fourth-order valence-corrected chi connectivity index (χ4v) is 8.21. The molecule has 1 aromatic heterocycles. The summed E-state index contributed by atoms with van der Waals surface area (Å²) in [6.45, 7) is 12.1. The minimum Gasteiger partial charge on any atom is -0.480 e. The van der Waals surface area contributed by atoms with Crippen LogP contribution in [0.5, 0.6) is 0 Å². The number of hydrogen-bond donors (Lipinski definition) is 6. The van der Waals surface area contributed by atoms with Gasteiger partial charge in [0.05, 0.1) is 26.2 Å².